The summed E-state index contributed by atoms with van der Waals surface area (Å²) in [6.45, 7) is 13.8. The smallest absolute Gasteiger partial charge is 0.0382 e. The molecule has 0 aliphatic carbocycles. The fourth-order valence-corrected chi connectivity index (χ4v) is 0.750. The van der Waals surface area contributed by atoms with Crippen LogP contribution < -0.4 is 0 Å². The zero-order valence-electron chi connectivity index (χ0n) is 8.41. The molecule has 0 saturated heterocycles. The second kappa shape index (κ2) is 2.94. The van der Waals surface area contributed by atoms with Gasteiger partial charge in [0.15, 0.2) is 0 Å². The maximum Gasteiger partial charge on any atom is -0.0382 e. The molecule has 0 spiro atoms. The number of hydrogen-bond donors (Lipinski definition) is 0. The van der Waals surface area contributed by atoms with Crippen LogP contribution in [0.5, 0.6) is 0 Å². The van der Waals surface area contributed by atoms with E-state index in [0.717, 1.165) is 0 Å². The maximum absolute atomic E-state index is 2.30. The monoisotopic (exact) mass is 142 g/mol. The van der Waals surface area contributed by atoms with Gasteiger partial charge in [-0.15, -0.1) is 0 Å². The van der Waals surface area contributed by atoms with Gasteiger partial charge >= 0.3 is 0 Å². The molecule has 0 saturated carbocycles. The quantitative estimate of drug-likeness (QED) is 0.521. The van der Waals surface area contributed by atoms with E-state index in [0.29, 0.717) is 10.8 Å². The molecule has 0 aliphatic heterocycles. The van der Waals surface area contributed by atoms with Crippen molar-refractivity contribution in [2.75, 3.05) is 0 Å². The lowest BCUT2D eigenvalue weighted by atomic mass is 9.81. The predicted octanol–water partition coefficient (Wildman–Crippen LogP) is 3.86. The Kier molecular flexibility index (Phi) is 2.94. The van der Waals surface area contributed by atoms with E-state index in [1.54, 1.807) is 0 Å². The lowest BCUT2D eigenvalue weighted by Crippen LogP contribution is -2.12. The van der Waals surface area contributed by atoms with Crippen molar-refractivity contribution in [1.29, 1.82) is 0 Å². The van der Waals surface area contributed by atoms with Crippen molar-refractivity contribution in [3.05, 3.63) is 0 Å². The number of hydrogen-bond acceptors (Lipinski definition) is 0. The topological polar surface area (TPSA) is 0 Å². The van der Waals surface area contributed by atoms with Crippen LogP contribution in [-0.4, -0.2) is 0 Å². The van der Waals surface area contributed by atoms with Gasteiger partial charge in [0.1, 0.15) is 0 Å². The fourth-order valence-electron chi connectivity index (χ4n) is 0.750. The first-order valence-electron chi connectivity index (χ1n) is 4.21. The van der Waals surface area contributed by atoms with Crippen molar-refractivity contribution in [1.82, 2.24) is 0 Å². The molecule has 0 aliphatic rings. The minimum atomic E-state index is 0.507. The molecule has 0 fully saturated rings. The highest BCUT2D eigenvalue weighted by Gasteiger charge is 2.16. The van der Waals surface area contributed by atoms with Crippen molar-refractivity contribution < 1.29 is 0 Å². The first-order chi connectivity index (χ1) is 4.21. The Morgan fingerprint density at radius 2 is 0.800 bits per heavy atom. The minimum absolute atomic E-state index is 0.507. The average Bonchev–Trinajstić information content (AvgIpc) is 1.57. The zero-order chi connectivity index (χ0) is 8.41. The third-order valence-corrected chi connectivity index (χ3v) is 1.62. The van der Waals surface area contributed by atoms with Crippen LogP contribution in [0, 0.1) is 10.8 Å². The Bertz CT molecular complexity index is 73.6. The molecular weight excluding hydrogens is 120 g/mol. The summed E-state index contributed by atoms with van der Waals surface area (Å²) < 4.78 is 0. The highest BCUT2D eigenvalue weighted by molar-refractivity contribution is 4.68. The van der Waals surface area contributed by atoms with Crippen LogP contribution in [0.15, 0.2) is 0 Å². The fraction of sp³-hybridized carbons (Fsp3) is 1.00. The molecule has 0 aromatic rings. The zero-order valence-corrected chi connectivity index (χ0v) is 8.41. The Morgan fingerprint density at radius 1 is 0.600 bits per heavy atom. The molecular formula is C10H22. The van der Waals surface area contributed by atoms with E-state index in [1.165, 1.54) is 12.8 Å². The van der Waals surface area contributed by atoms with Crippen molar-refractivity contribution in [3.63, 3.8) is 0 Å². The van der Waals surface area contributed by atoms with Gasteiger partial charge in [-0.3, -0.25) is 0 Å². The summed E-state index contributed by atoms with van der Waals surface area (Å²) in [6, 6.07) is 0. The highest BCUT2D eigenvalue weighted by Crippen LogP contribution is 2.29. The largest absolute Gasteiger partial charge is 0.0602 e. The normalized spacial score (nSPS) is 13.8. The van der Waals surface area contributed by atoms with Crippen LogP contribution >= 0.6 is 0 Å². The second-order valence-electron chi connectivity index (χ2n) is 5.62. The molecule has 0 heterocycles. The molecule has 0 unspecified atom stereocenters. The molecule has 10 heavy (non-hydrogen) atoms. The molecule has 0 nitrogen and oxygen atoms in total. The predicted molar refractivity (Wildman–Crippen MR) is 48.1 cm³/mol. The van der Waals surface area contributed by atoms with Gasteiger partial charge in [0.25, 0.3) is 0 Å². The molecule has 0 aromatic carbocycles. The first-order valence-corrected chi connectivity index (χ1v) is 4.21. The Labute approximate surface area is 66.0 Å². The summed E-state index contributed by atoms with van der Waals surface area (Å²) in [6.07, 6.45) is 2.66. The van der Waals surface area contributed by atoms with Crippen LogP contribution in [0.2, 0.25) is 0 Å². The molecule has 0 N–H and O–H groups in total. The van der Waals surface area contributed by atoms with Gasteiger partial charge in [0.05, 0.1) is 0 Å². The van der Waals surface area contributed by atoms with Gasteiger partial charge in [0.2, 0.25) is 0 Å². The van der Waals surface area contributed by atoms with E-state index in [9.17, 15) is 0 Å². The summed E-state index contributed by atoms with van der Waals surface area (Å²) in [5.74, 6) is 0. The number of rotatable bonds is 1. The summed E-state index contributed by atoms with van der Waals surface area (Å²) in [5.41, 5.74) is 1.01. The summed E-state index contributed by atoms with van der Waals surface area (Å²) in [7, 11) is 0. The summed E-state index contributed by atoms with van der Waals surface area (Å²) in [5, 5.41) is 0. The van der Waals surface area contributed by atoms with Crippen LogP contribution in [0.4, 0.5) is 0 Å². The van der Waals surface area contributed by atoms with Crippen molar-refractivity contribution in [3.8, 4) is 0 Å². The molecule has 0 heteroatoms. The second-order valence-corrected chi connectivity index (χ2v) is 5.62. The standard InChI is InChI=1S/C10H22/c1-9(2,3)7-8-10(4,5)6/h7-8H2,1-6H3. The lowest BCUT2D eigenvalue weighted by molar-refractivity contribution is 0.275. The van der Waals surface area contributed by atoms with Crippen LogP contribution in [-0.2, 0) is 0 Å². The molecule has 0 rings (SSSR count). The van der Waals surface area contributed by atoms with Crippen LogP contribution in [0.1, 0.15) is 54.4 Å². The Balaban J connectivity index is 3.56. The van der Waals surface area contributed by atoms with E-state index >= 15 is 0 Å². The molecule has 0 radical (unpaired) electrons. The minimum Gasteiger partial charge on any atom is -0.0602 e. The van der Waals surface area contributed by atoms with Crippen molar-refractivity contribution in [2.45, 2.75) is 54.4 Å². The Hall–Kier alpha value is 0. The summed E-state index contributed by atoms with van der Waals surface area (Å²) >= 11 is 0. The highest BCUT2D eigenvalue weighted by atomic mass is 14.2. The van der Waals surface area contributed by atoms with E-state index in [1.807, 2.05) is 0 Å². The molecule has 0 atom stereocenters. The molecule has 62 valence electrons. The van der Waals surface area contributed by atoms with Gasteiger partial charge in [-0.05, 0) is 23.7 Å². The van der Waals surface area contributed by atoms with Crippen LogP contribution in [0.3, 0.4) is 0 Å². The van der Waals surface area contributed by atoms with E-state index in [2.05, 4.69) is 41.5 Å². The lowest BCUT2D eigenvalue weighted by Gasteiger charge is -2.24. The molecule has 0 amide bonds. The van der Waals surface area contributed by atoms with E-state index in [4.69, 9.17) is 0 Å². The third-order valence-electron chi connectivity index (χ3n) is 1.62. The SMILES string of the molecule is CC(C)(C)CCC(C)(C)C. The first kappa shape index (κ1) is 10.0. The van der Waals surface area contributed by atoms with Crippen molar-refractivity contribution in [2.24, 2.45) is 10.8 Å². The molecule has 0 bridgehead atoms. The van der Waals surface area contributed by atoms with Gasteiger partial charge in [-0.2, -0.15) is 0 Å². The van der Waals surface area contributed by atoms with Crippen LogP contribution in [0.25, 0.3) is 0 Å². The maximum atomic E-state index is 2.30. The summed E-state index contributed by atoms with van der Waals surface area (Å²) in [4.78, 5) is 0. The van der Waals surface area contributed by atoms with E-state index < -0.39 is 0 Å². The van der Waals surface area contributed by atoms with Gasteiger partial charge < -0.3 is 0 Å². The average molecular weight is 142 g/mol. The van der Waals surface area contributed by atoms with Gasteiger partial charge in [-0.25, -0.2) is 0 Å². The molecule has 0 aromatic heterocycles. The van der Waals surface area contributed by atoms with E-state index in [-0.39, 0.29) is 0 Å². The third kappa shape index (κ3) is 8.00. The Morgan fingerprint density at radius 3 is 0.900 bits per heavy atom. The van der Waals surface area contributed by atoms with Crippen molar-refractivity contribution >= 4 is 0 Å². The van der Waals surface area contributed by atoms with Gasteiger partial charge in [0, 0.05) is 0 Å². The van der Waals surface area contributed by atoms with Gasteiger partial charge in [-0.1, -0.05) is 41.5 Å².